The first-order valence-corrected chi connectivity index (χ1v) is 4.88. The van der Waals surface area contributed by atoms with Gasteiger partial charge in [0, 0.05) is 11.8 Å². The van der Waals surface area contributed by atoms with Gasteiger partial charge in [-0.1, -0.05) is 6.92 Å². The highest BCUT2D eigenvalue weighted by molar-refractivity contribution is 5.40. The Morgan fingerprint density at radius 1 is 1.62 bits per heavy atom. The second kappa shape index (κ2) is 3.32. The molecular weight excluding hydrogens is 162 g/mol. The van der Waals surface area contributed by atoms with Crippen LogP contribution in [0.1, 0.15) is 37.7 Å². The van der Waals surface area contributed by atoms with Crippen molar-refractivity contribution < 1.29 is 0 Å². The minimum Gasteiger partial charge on any atom is -0.383 e. The second-order valence-electron chi connectivity index (χ2n) is 3.72. The quantitative estimate of drug-likeness (QED) is 0.767. The van der Waals surface area contributed by atoms with E-state index in [9.17, 15) is 0 Å². The van der Waals surface area contributed by atoms with Gasteiger partial charge in [0.1, 0.15) is 12.1 Å². The zero-order chi connectivity index (χ0) is 9.26. The molecule has 1 heterocycles. The lowest BCUT2D eigenvalue weighted by atomic mass is 9.93. The number of anilines is 1. The summed E-state index contributed by atoms with van der Waals surface area (Å²) in [6.45, 7) is 2.20. The summed E-state index contributed by atoms with van der Waals surface area (Å²) in [7, 11) is 0. The van der Waals surface area contributed by atoms with Crippen molar-refractivity contribution >= 4 is 5.82 Å². The molecular formula is C10H15N3. The van der Waals surface area contributed by atoms with Crippen LogP contribution in [-0.2, 0) is 0 Å². The van der Waals surface area contributed by atoms with E-state index in [4.69, 9.17) is 5.73 Å². The normalized spacial score (nSPS) is 18.5. The Morgan fingerprint density at radius 2 is 2.38 bits per heavy atom. The van der Waals surface area contributed by atoms with Gasteiger partial charge in [0.05, 0.1) is 0 Å². The van der Waals surface area contributed by atoms with Gasteiger partial charge >= 0.3 is 0 Å². The predicted octanol–water partition coefficient (Wildman–Crippen LogP) is 1.96. The maximum atomic E-state index is 5.81. The fraction of sp³-hybridized carbons (Fsp3) is 0.600. The number of nitrogens with two attached hydrogens (primary N) is 1. The van der Waals surface area contributed by atoms with Crippen LogP contribution in [0, 0.1) is 5.92 Å². The minimum atomic E-state index is 0.584. The van der Waals surface area contributed by atoms with Gasteiger partial charge in [-0.25, -0.2) is 9.97 Å². The Morgan fingerprint density at radius 3 is 2.92 bits per heavy atom. The Bertz CT molecular complexity index is 294. The largest absolute Gasteiger partial charge is 0.383 e. The van der Waals surface area contributed by atoms with E-state index in [1.165, 1.54) is 19.2 Å². The first kappa shape index (κ1) is 8.48. The van der Waals surface area contributed by atoms with E-state index in [1.54, 1.807) is 0 Å². The van der Waals surface area contributed by atoms with Gasteiger partial charge in [-0.2, -0.15) is 0 Å². The smallest absolute Gasteiger partial charge is 0.130 e. The molecule has 1 aliphatic carbocycles. The van der Waals surface area contributed by atoms with Gasteiger partial charge in [0.2, 0.25) is 0 Å². The SMILES string of the molecule is CCC(c1cncnc1N)C1CC1. The third-order valence-electron chi connectivity index (χ3n) is 2.80. The van der Waals surface area contributed by atoms with Gasteiger partial charge < -0.3 is 5.73 Å². The van der Waals surface area contributed by atoms with Crippen molar-refractivity contribution in [1.82, 2.24) is 9.97 Å². The molecule has 2 rings (SSSR count). The minimum absolute atomic E-state index is 0.584. The van der Waals surface area contributed by atoms with Crippen molar-refractivity contribution in [2.75, 3.05) is 5.73 Å². The van der Waals surface area contributed by atoms with Crippen LogP contribution in [0.5, 0.6) is 0 Å². The Balaban J connectivity index is 2.26. The number of hydrogen-bond acceptors (Lipinski definition) is 3. The molecule has 1 unspecified atom stereocenters. The molecule has 0 saturated heterocycles. The highest BCUT2D eigenvalue weighted by Crippen LogP contribution is 2.45. The van der Waals surface area contributed by atoms with Crippen molar-refractivity contribution in [2.45, 2.75) is 32.1 Å². The number of nitrogens with zero attached hydrogens (tertiary/aromatic N) is 2. The van der Waals surface area contributed by atoms with Crippen molar-refractivity contribution in [3.8, 4) is 0 Å². The summed E-state index contributed by atoms with van der Waals surface area (Å²) in [6, 6.07) is 0. The zero-order valence-electron chi connectivity index (χ0n) is 7.90. The Hall–Kier alpha value is -1.12. The highest BCUT2D eigenvalue weighted by atomic mass is 14.9. The van der Waals surface area contributed by atoms with E-state index in [-0.39, 0.29) is 0 Å². The fourth-order valence-corrected chi connectivity index (χ4v) is 1.94. The molecule has 0 amide bonds. The van der Waals surface area contributed by atoms with Crippen molar-refractivity contribution in [3.63, 3.8) is 0 Å². The molecule has 1 saturated carbocycles. The lowest BCUT2D eigenvalue weighted by Crippen LogP contribution is -2.06. The number of rotatable bonds is 3. The predicted molar refractivity (Wildman–Crippen MR) is 52.2 cm³/mol. The van der Waals surface area contributed by atoms with Crippen molar-refractivity contribution in [1.29, 1.82) is 0 Å². The summed E-state index contributed by atoms with van der Waals surface area (Å²) in [5.41, 5.74) is 6.96. The molecule has 2 N–H and O–H groups in total. The van der Waals surface area contributed by atoms with Crippen LogP contribution in [0.25, 0.3) is 0 Å². The highest BCUT2D eigenvalue weighted by Gasteiger charge is 2.32. The molecule has 0 spiro atoms. The van der Waals surface area contributed by atoms with E-state index in [0.717, 1.165) is 17.9 Å². The van der Waals surface area contributed by atoms with Crippen LogP contribution in [0.4, 0.5) is 5.82 Å². The maximum absolute atomic E-state index is 5.81. The van der Waals surface area contributed by atoms with Gasteiger partial charge in [-0.3, -0.25) is 0 Å². The first-order chi connectivity index (χ1) is 6.33. The van der Waals surface area contributed by atoms with Gasteiger partial charge in [0.15, 0.2) is 0 Å². The molecule has 70 valence electrons. The number of aromatic nitrogens is 2. The van der Waals surface area contributed by atoms with E-state index >= 15 is 0 Å². The van der Waals surface area contributed by atoms with Crippen molar-refractivity contribution in [2.24, 2.45) is 5.92 Å². The molecule has 0 bridgehead atoms. The van der Waals surface area contributed by atoms with E-state index < -0.39 is 0 Å². The molecule has 1 aromatic rings. The van der Waals surface area contributed by atoms with E-state index in [2.05, 4.69) is 16.9 Å². The maximum Gasteiger partial charge on any atom is 0.130 e. The first-order valence-electron chi connectivity index (χ1n) is 4.88. The standard InChI is InChI=1S/C10H15N3/c1-2-8(7-3-4-7)9-5-12-6-13-10(9)11/h5-8H,2-4H2,1H3,(H2,11,12,13). The van der Waals surface area contributed by atoms with Crippen LogP contribution >= 0.6 is 0 Å². The van der Waals surface area contributed by atoms with Crippen LogP contribution < -0.4 is 5.73 Å². The third kappa shape index (κ3) is 1.64. The summed E-state index contributed by atoms with van der Waals surface area (Å²) in [4.78, 5) is 8.06. The summed E-state index contributed by atoms with van der Waals surface area (Å²) in [5, 5.41) is 0. The van der Waals surface area contributed by atoms with E-state index in [0.29, 0.717) is 11.7 Å². The number of nitrogen functional groups attached to an aromatic ring is 1. The second-order valence-corrected chi connectivity index (χ2v) is 3.72. The summed E-state index contributed by atoms with van der Waals surface area (Å²) >= 11 is 0. The molecule has 0 aliphatic heterocycles. The molecule has 1 fully saturated rings. The summed E-state index contributed by atoms with van der Waals surface area (Å²) in [6.07, 6.45) is 7.20. The Kier molecular flexibility index (Phi) is 2.17. The third-order valence-corrected chi connectivity index (χ3v) is 2.80. The molecule has 3 heteroatoms. The average Bonchev–Trinajstić information content (AvgIpc) is 2.93. The van der Waals surface area contributed by atoms with Gasteiger partial charge in [-0.15, -0.1) is 0 Å². The fourth-order valence-electron chi connectivity index (χ4n) is 1.94. The topological polar surface area (TPSA) is 51.8 Å². The summed E-state index contributed by atoms with van der Waals surface area (Å²) in [5.74, 6) is 2.08. The number of hydrogen-bond donors (Lipinski definition) is 1. The molecule has 0 aromatic carbocycles. The van der Waals surface area contributed by atoms with Crippen LogP contribution in [-0.4, -0.2) is 9.97 Å². The van der Waals surface area contributed by atoms with Gasteiger partial charge in [0.25, 0.3) is 0 Å². The van der Waals surface area contributed by atoms with E-state index in [1.807, 2.05) is 6.20 Å². The monoisotopic (exact) mass is 177 g/mol. The molecule has 3 nitrogen and oxygen atoms in total. The molecule has 1 aromatic heterocycles. The lowest BCUT2D eigenvalue weighted by molar-refractivity contribution is 0.584. The zero-order valence-corrected chi connectivity index (χ0v) is 7.90. The van der Waals surface area contributed by atoms with Crippen LogP contribution in [0.2, 0.25) is 0 Å². The van der Waals surface area contributed by atoms with Crippen LogP contribution in [0.3, 0.4) is 0 Å². The molecule has 0 radical (unpaired) electrons. The van der Waals surface area contributed by atoms with Crippen LogP contribution in [0.15, 0.2) is 12.5 Å². The molecule has 13 heavy (non-hydrogen) atoms. The van der Waals surface area contributed by atoms with Crippen molar-refractivity contribution in [3.05, 3.63) is 18.1 Å². The lowest BCUT2D eigenvalue weighted by Gasteiger charge is -2.14. The molecule has 1 aliphatic rings. The summed E-state index contributed by atoms with van der Waals surface area (Å²) < 4.78 is 0. The Labute approximate surface area is 78.4 Å². The molecule has 1 atom stereocenters. The average molecular weight is 177 g/mol. The van der Waals surface area contributed by atoms with Gasteiger partial charge in [-0.05, 0) is 31.1 Å².